The van der Waals surface area contributed by atoms with Crippen LogP contribution in [-0.2, 0) is 9.53 Å². The van der Waals surface area contributed by atoms with Gasteiger partial charge in [-0.05, 0) is 44.3 Å². The number of aryl methyl sites for hydroxylation is 1. The summed E-state index contributed by atoms with van der Waals surface area (Å²) in [5.41, 5.74) is 1.17. The minimum absolute atomic E-state index is 0.0701. The van der Waals surface area contributed by atoms with Gasteiger partial charge in [-0.3, -0.25) is 19.3 Å². The first-order valence-electron chi connectivity index (χ1n) is 13.6. The zero-order chi connectivity index (χ0) is 27.1. The van der Waals surface area contributed by atoms with Gasteiger partial charge in [0.1, 0.15) is 11.8 Å². The lowest BCUT2D eigenvalue weighted by Crippen LogP contribution is -2.61. The zero-order valence-electron chi connectivity index (χ0n) is 22.4. The highest BCUT2D eigenvalue weighted by atomic mass is 16.7. The Balaban J connectivity index is 1.23. The summed E-state index contributed by atoms with van der Waals surface area (Å²) in [6, 6.07) is 11.9. The summed E-state index contributed by atoms with van der Waals surface area (Å²) in [6.45, 7) is 5.93. The number of piperazine rings is 1. The Morgan fingerprint density at radius 2 is 1.46 bits per heavy atom. The van der Waals surface area contributed by atoms with Crippen LogP contribution in [0.2, 0.25) is 0 Å². The van der Waals surface area contributed by atoms with Crippen molar-refractivity contribution in [1.82, 2.24) is 19.6 Å². The molecule has 2 aromatic carbocycles. The molecule has 4 aliphatic heterocycles. The highest BCUT2D eigenvalue weighted by molar-refractivity contribution is 5.99. The number of ether oxygens (including phenoxy) is 3. The second-order valence-corrected chi connectivity index (χ2v) is 10.8. The maximum Gasteiger partial charge on any atom is 0.256 e. The summed E-state index contributed by atoms with van der Waals surface area (Å²) in [5.74, 6) is 0.802. The summed E-state index contributed by atoms with van der Waals surface area (Å²) in [7, 11) is 2.04. The summed E-state index contributed by atoms with van der Waals surface area (Å²) < 4.78 is 17.2. The Morgan fingerprint density at radius 3 is 2.18 bits per heavy atom. The molecule has 0 saturated carbocycles. The van der Waals surface area contributed by atoms with Crippen LogP contribution in [0.3, 0.4) is 0 Å². The molecule has 206 valence electrons. The molecule has 1 atom stereocenters. The lowest BCUT2D eigenvalue weighted by Gasteiger charge is -2.45. The molecule has 0 aromatic heterocycles. The number of benzene rings is 2. The molecule has 0 aliphatic carbocycles. The zero-order valence-corrected chi connectivity index (χ0v) is 22.4. The molecule has 4 aliphatic rings. The average molecular weight is 535 g/mol. The Kier molecular flexibility index (Phi) is 6.68. The fraction of sp³-hybridized carbons (Fsp3) is 0.483. The van der Waals surface area contributed by atoms with Crippen LogP contribution in [0, 0.1) is 6.92 Å². The smallest absolute Gasteiger partial charge is 0.256 e. The molecule has 10 heteroatoms. The monoisotopic (exact) mass is 534 g/mol. The van der Waals surface area contributed by atoms with Crippen LogP contribution in [-0.4, -0.2) is 109 Å². The molecule has 4 heterocycles. The van der Waals surface area contributed by atoms with Gasteiger partial charge in [-0.15, -0.1) is 0 Å². The second-order valence-electron chi connectivity index (χ2n) is 10.8. The molecule has 6 rings (SSSR count). The van der Waals surface area contributed by atoms with E-state index < -0.39 is 11.8 Å². The van der Waals surface area contributed by atoms with E-state index in [0.29, 0.717) is 61.6 Å². The van der Waals surface area contributed by atoms with Crippen molar-refractivity contribution in [2.45, 2.75) is 31.5 Å². The first-order valence-corrected chi connectivity index (χ1v) is 13.6. The SMILES string of the molecule is Cc1ccc(C(=O)N2[C@@H](C(=O)N3CCN(C)CC3)COC23CCN(C(=O)c2ccc4c(c2)OCO4)CC3)cc1. The van der Waals surface area contributed by atoms with Gasteiger partial charge in [0.15, 0.2) is 11.5 Å². The van der Waals surface area contributed by atoms with Crippen LogP contribution in [0.15, 0.2) is 42.5 Å². The number of likely N-dealkylation sites (tertiary alicyclic amines) is 1. The lowest BCUT2D eigenvalue weighted by atomic mass is 9.95. The van der Waals surface area contributed by atoms with Crippen LogP contribution < -0.4 is 9.47 Å². The molecule has 0 unspecified atom stereocenters. The van der Waals surface area contributed by atoms with Gasteiger partial charge in [0.25, 0.3) is 11.8 Å². The van der Waals surface area contributed by atoms with E-state index in [2.05, 4.69) is 4.90 Å². The van der Waals surface area contributed by atoms with Crippen molar-refractivity contribution < 1.29 is 28.6 Å². The second kappa shape index (κ2) is 10.2. The van der Waals surface area contributed by atoms with Gasteiger partial charge < -0.3 is 28.9 Å². The summed E-state index contributed by atoms with van der Waals surface area (Å²) in [6.07, 6.45) is 0.848. The van der Waals surface area contributed by atoms with Crippen molar-refractivity contribution in [2.24, 2.45) is 0 Å². The van der Waals surface area contributed by atoms with Crippen molar-refractivity contribution in [3.8, 4) is 11.5 Å². The first-order chi connectivity index (χ1) is 18.8. The molecule has 0 N–H and O–H groups in total. The Hall–Kier alpha value is -3.63. The number of carbonyl (C=O) groups excluding carboxylic acids is 3. The molecule has 0 bridgehead atoms. The fourth-order valence-electron chi connectivity index (χ4n) is 5.90. The highest BCUT2D eigenvalue weighted by Gasteiger charge is 2.55. The van der Waals surface area contributed by atoms with Crippen LogP contribution in [0.4, 0.5) is 0 Å². The first kappa shape index (κ1) is 25.6. The molecule has 1 spiro atoms. The number of piperidine rings is 1. The van der Waals surface area contributed by atoms with Gasteiger partial charge in [0.05, 0.1) is 6.61 Å². The van der Waals surface area contributed by atoms with Crippen LogP contribution in [0.5, 0.6) is 11.5 Å². The Morgan fingerprint density at radius 1 is 0.795 bits per heavy atom. The van der Waals surface area contributed by atoms with E-state index in [1.807, 2.05) is 31.0 Å². The molecule has 3 saturated heterocycles. The van der Waals surface area contributed by atoms with Crippen LogP contribution in [0.25, 0.3) is 0 Å². The minimum Gasteiger partial charge on any atom is -0.454 e. The van der Waals surface area contributed by atoms with E-state index in [0.717, 1.165) is 18.7 Å². The predicted octanol–water partition coefficient (Wildman–Crippen LogP) is 1.97. The Bertz CT molecular complexity index is 1270. The van der Waals surface area contributed by atoms with Gasteiger partial charge >= 0.3 is 0 Å². The normalized spacial score (nSPS) is 22.4. The predicted molar refractivity (Wildman–Crippen MR) is 142 cm³/mol. The maximum atomic E-state index is 14.0. The Labute approximate surface area is 228 Å². The molecule has 10 nitrogen and oxygen atoms in total. The lowest BCUT2D eigenvalue weighted by molar-refractivity contribution is -0.139. The number of hydrogen-bond acceptors (Lipinski definition) is 7. The van der Waals surface area contributed by atoms with E-state index in [4.69, 9.17) is 14.2 Å². The number of hydrogen-bond donors (Lipinski definition) is 0. The van der Waals surface area contributed by atoms with Crippen LogP contribution >= 0.6 is 0 Å². The standard InChI is InChI=1S/C29H34N4O6/c1-20-3-5-21(6-4-20)27(35)33-23(28(36)32-15-13-30(2)14-16-32)18-39-29(33)9-11-31(12-10-29)26(34)22-7-8-24-25(17-22)38-19-37-24/h3-8,17,23H,9-16,18-19H2,1-2H3/t23-/m1/s1. The van der Waals surface area contributed by atoms with Gasteiger partial charge in [0, 0.05) is 63.2 Å². The largest absolute Gasteiger partial charge is 0.454 e. The quantitative estimate of drug-likeness (QED) is 0.595. The number of carbonyl (C=O) groups is 3. The van der Waals surface area contributed by atoms with E-state index in [1.165, 1.54) is 0 Å². The van der Waals surface area contributed by atoms with E-state index in [-0.39, 0.29) is 31.1 Å². The number of likely N-dealkylation sites (N-methyl/N-ethyl adjacent to an activating group) is 1. The van der Waals surface area contributed by atoms with E-state index >= 15 is 0 Å². The summed E-state index contributed by atoms with van der Waals surface area (Å²) >= 11 is 0. The molecular formula is C29H34N4O6. The number of nitrogens with zero attached hydrogens (tertiary/aromatic N) is 4. The third kappa shape index (κ3) is 4.72. The third-order valence-corrected chi connectivity index (χ3v) is 8.33. The van der Waals surface area contributed by atoms with Crippen molar-refractivity contribution in [3.05, 3.63) is 59.2 Å². The number of rotatable bonds is 3. The van der Waals surface area contributed by atoms with Crippen LogP contribution in [0.1, 0.15) is 39.1 Å². The van der Waals surface area contributed by atoms with Gasteiger partial charge in [-0.25, -0.2) is 0 Å². The number of amides is 3. The van der Waals surface area contributed by atoms with Gasteiger partial charge in [0.2, 0.25) is 12.7 Å². The minimum atomic E-state index is -0.944. The number of fused-ring (bicyclic) bond motifs is 1. The third-order valence-electron chi connectivity index (χ3n) is 8.33. The van der Waals surface area contributed by atoms with Gasteiger partial charge in [-0.2, -0.15) is 0 Å². The molecule has 2 aromatic rings. The highest BCUT2D eigenvalue weighted by Crippen LogP contribution is 2.40. The molecule has 3 amide bonds. The topological polar surface area (TPSA) is 91.9 Å². The summed E-state index contributed by atoms with van der Waals surface area (Å²) in [4.78, 5) is 48.5. The van der Waals surface area contributed by atoms with Crippen molar-refractivity contribution in [1.29, 1.82) is 0 Å². The molecule has 39 heavy (non-hydrogen) atoms. The van der Waals surface area contributed by atoms with Crippen molar-refractivity contribution in [2.75, 3.05) is 59.7 Å². The van der Waals surface area contributed by atoms with E-state index in [9.17, 15) is 14.4 Å². The molecule has 3 fully saturated rings. The summed E-state index contributed by atoms with van der Waals surface area (Å²) in [5, 5.41) is 0. The molecule has 0 radical (unpaired) electrons. The van der Waals surface area contributed by atoms with Crippen molar-refractivity contribution >= 4 is 17.7 Å². The molecular weight excluding hydrogens is 500 g/mol. The maximum absolute atomic E-state index is 14.0. The van der Waals surface area contributed by atoms with E-state index in [1.54, 1.807) is 40.1 Å². The van der Waals surface area contributed by atoms with Crippen molar-refractivity contribution in [3.63, 3.8) is 0 Å². The average Bonchev–Trinajstić information content (AvgIpc) is 3.57. The fourth-order valence-corrected chi connectivity index (χ4v) is 5.90. The van der Waals surface area contributed by atoms with Gasteiger partial charge in [-0.1, -0.05) is 17.7 Å².